The zero-order valence-electron chi connectivity index (χ0n) is 15.4. The quantitative estimate of drug-likeness (QED) is 0.251. The highest BCUT2D eigenvalue weighted by atomic mass is 32.1. The number of alkyl halides is 5. The van der Waals surface area contributed by atoms with E-state index in [1.165, 1.54) is 16.8 Å². The van der Waals surface area contributed by atoms with E-state index in [0.29, 0.717) is 12.1 Å². The molecule has 15 heteroatoms. The summed E-state index contributed by atoms with van der Waals surface area (Å²) in [5.41, 5.74) is -5.60. The molecule has 32 heavy (non-hydrogen) atoms. The minimum Gasteiger partial charge on any atom is -0.434 e. The van der Waals surface area contributed by atoms with Gasteiger partial charge in [0.05, 0.1) is 15.8 Å². The summed E-state index contributed by atoms with van der Waals surface area (Å²) in [6.45, 7) is -3.49. The molecule has 1 aliphatic rings. The van der Waals surface area contributed by atoms with Crippen LogP contribution in [0.15, 0.2) is 35.7 Å². The number of hydrogen-bond donors (Lipinski definition) is 3. The smallest absolute Gasteiger partial charge is 0.434 e. The molecule has 3 atom stereocenters. The van der Waals surface area contributed by atoms with E-state index in [1.807, 2.05) is 5.32 Å². The van der Waals surface area contributed by atoms with Gasteiger partial charge < -0.3 is 20.5 Å². The number of non-ortho nitro benzene ring substituents is 1. The lowest BCUT2D eigenvalue weighted by molar-refractivity contribution is -0.385. The molecule has 0 aliphatic carbocycles. The van der Waals surface area contributed by atoms with Crippen molar-refractivity contribution >= 4 is 28.8 Å². The van der Waals surface area contributed by atoms with Crippen LogP contribution in [0.25, 0.3) is 0 Å². The molecule has 1 fully saturated rings. The normalized spacial score (nSPS) is 23.4. The summed E-state index contributed by atoms with van der Waals surface area (Å²) >= 11 is 0.729. The molecule has 1 aromatic heterocycles. The summed E-state index contributed by atoms with van der Waals surface area (Å²) in [6, 6.07) is 0.787. The van der Waals surface area contributed by atoms with Gasteiger partial charge in [-0.25, -0.2) is 4.79 Å². The van der Waals surface area contributed by atoms with Crippen molar-refractivity contribution in [3.05, 3.63) is 56.3 Å². The van der Waals surface area contributed by atoms with Crippen molar-refractivity contribution in [1.29, 1.82) is 0 Å². The highest BCUT2D eigenvalue weighted by molar-refractivity contribution is 7.12. The Hall–Kier alpha value is -3.33. The van der Waals surface area contributed by atoms with Crippen LogP contribution in [0.2, 0.25) is 0 Å². The van der Waals surface area contributed by atoms with Crippen molar-refractivity contribution in [2.75, 3.05) is 0 Å². The lowest BCUT2D eigenvalue weighted by Gasteiger charge is -2.45. The second-order valence-electron chi connectivity index (χ2n) is 6.52. The number of amides is 2. The first-order valence-corrected chi connectivity index (χ1v) is 9.41. The van der Waals surface area contributed by atoms with Gasteiger partial charge in [0.25, 0.3) is 5.69 Å². The molecule has 0 radical (unpaired) electrons. The molecular formula is C17H12F5N3O6S. The van der Waals surface area contributed by atoms with Gasteiger partial charge in [-0.3, -0.25) is 14.9 Å². The predicted octanol–water partition coefficient (Wildman–Crippen LogP) is 3.36. The Morgan fingerprint density at radius 3 is 2.53 bits per heavy atom. The third-order valence-corrected chi connectivity index (χ3v) is 5.49. The zero-order chi connectivity index (χ0) is 23.8. The van der Waals surface area contributed by atoms with Gasteiger partial charge in [0.2, 0.25) is 5.72 Å². The van der Waals surface area contributed by atoms with Gasteiger partial charge >= 0.3 is 18.8 Å². The number of urea groups is 1. The van der Waals surface area contributed by atoms with Gasteiger partial charge in [-0.05, 0) is 17.5 Å². The number of ketones is 1. The van der Waals surface area contributed by atoms with E-state index in [4.69, 9.17) is 0 Å². The van der Waals surface area contributed by atoms with Crippen molar-refractivity contribution in [2.45, 2.75) is 24.6 Å². The van der Waals surface area contributed by atoms with Crippen LogP contribution in [0.4, 0.5) is 32.4 Å². The van der Waals surface area contributed by atoms with Crippen molar-refractivity contribution in [1.82, 2.24) is 10.6 Å². The summed E-state index contributed by atoms with van der Waals surface area (Å²) in [5, 5.41) is 26.2. The number of nitro benzene ring substituents is 1. The van der Waals surface area contributed by atoms with Gasteiger partial charge in [-0.1, -0.05) is 6.07 Å². The summed E-state index contributed by atoms with van der Waals surface area (Å²) in [7, 11) is 0. The number of nitro groups is 1. The molecule has 3 N–H and O–H groups in total. The van der Waals surface area contributed by atoms with E-state index in [2.05, 4.69) is 4.74 Å². The fourth-order valence-electron chi connectivity index (χ4n) is 3.27. The Bertz CT molecular complexity index is 1050. The Balaban J connectivity index is 2.26. The number of ether oxygens (including phenoxy) is 1. The van der Waals surface area contributed by atoms with Crippen LogP contribution in [0.3, 0.4) is 0 Å². The number of Topliss-reactive ketones (excluding diaryl/α,β-unsaturated/α-hetero) is 1. The number of aliphatic hydroxyl groups is 1. The molecule has 0 saturated carbocycles. The lowest BCUT2D eigenvalue weighted by atomic mass is 9.78. The molecule has 0 bridgehead atoms. The van der Waals surface area contributed by atoms with Crippen LogP contribution in [0.1, 0.15) is 21.3 Å². The Morgan fingerprint density at radius 1 is 1.31 bits per heavy atom. The van der Waals surface area contributed by atoms with Gasteiger partial charge in [-0.2, -0.15) is 22.0 Å². The molecule has 0 unspecified atom stereocenters. The number of halogens is 5. The summed E-state index contributed by atoms with van der Waals surface area (Å²) < 4.78 is 71.6. The molecule has 2 heterocycles. The first kappa shape index (κ1) is 23.3. The second-order valence-corrected chi connectivity index (χ2v) is 7.46. The number of rotatable bonds is 6. The van der Waals surface area contributed by atoms with Crippen molar-refractivity contribution in [2.24, 2.45) is 5.92 Å². The van der Waals surface area contributed by atoms with E-state index in [0.717, 1.165) is 23.5 Å². The van der Waals surface area contributed by atoms with Crippen molar-refractivity contribution in [3.63, 3.8) is 0 Å². The molecule has 0 spiro atoms. The summed E-state index contributed by atoms with van der Waals surface area (Å²) in [4.78, 5) is 34.9. The lowest BCUT2D eigenvalue weighted by Crippen LogP contribution is -2.72. The molecular weight excluding hydrogens is 469 g/mol. The first-order chi connectivity index (χ1) is 14.8. The minimum atomic E-state index is -5.59. The number of benzene rings is 1. The van der Waals surface area contributed by atoms with E-state index in [9.17, 15) is 46.8 Å². The van der Waals surface area contributed by atoms with Crippen molar-refractivity contribution in [3.8, 4) is 5.75 Å². The Morgan fingerprint density at radius 2 is 2.00 bits per heavy atom. The standard InChI is InChI=1S/C17H12F5N3O6S/c18-14(19)31-9-4-3-7(25(29)30)6-8(9)12-11(13(26)10-2-1-5-32-10)16(28,17(20,21)22)24-15(27)23-12/h1-6,11-12,14,28H,(H2,23,24,27)/t11-,12+,16-/m0/s1. The molecule has 1 aromatic carbocycles. The molecule has 172 valence electrons. The topological polar surface area (TPSA) is 131 Å². The number of carbonyl (C=O) groups is 2. The number of carbonyl (C=O) groups excluding carboxylic acids is 2. The number of thiophene rings is 1. The van der Waals surface area contributed by atoms with Crippen LogP contribution in [-0.2, 0) is 0 Å². The van der Waals surface area contributed by atoms with Crippen LogP contribution in [0.5, 0.6) is 5.75 Å². The number of hydrogen-bond acceptors (Lipinski definition) is 7. The van der Waals surface area contributed by atoms with E-state index >= 15 is 0 Å². The average molecular weight is 481 g/mol. The van der Waals surface area contributed by atoms with Gasteiger partial charge in [0.15, 0.2) is 5.78 Å². The van der Waals surface area contributed by atoms with E-state index in [-0.39, 0.29) is 4.88 Å². The number of nitrogens with zero attached hydrogens (tertiary/aromatic N) is 1. The molecule has 2 amide bonds. The predicted molar refractivity (Wildman–Crippen MR) is 97.3 cm³/mol. The maximum Gasteiger partial charge on any atom is 0.437 e. The third kappa shape index (κ3) is 4.20. The van der Waals surface area contributed by atoms with Crippen LogP contribution in [0, 0.1) is 16.0 Å². The summed E-state index contributed by atoms with van der Waals surface area (Å²) in [6.07, 6.45) is -5.59. The minimum absolute atomic E-state index is 0.248. The van der Waals surface area contributed by atoms with Crippen LogP contribution < -0.4 is 15.4 Å². The molecule has 2 aromatic rings. The largest absolute Gasteiger partial charge is 0.437 e. The molecule has 3 rings (SSSR count). The van der Waals surface area contributed by atoms with E-state index in [1.54, 1.807) is 0 Å². The Labute approximate surface area is 178 Å². The maximum absolute atomic E-state index is 13.9. The van der Waals surface area contributed by atoms with Gasteiger partial charge in [0.1, 0.15) is 11.7 Å². The average Bonchev–Trinajstić information content (AvgIpc) is 3.20. The first-order valence-electron chi connectivity index (χ1n) is 8.54. The highest BCUT2D eigenvalue weighted by Gasteiger charge is 2.66. The molecule has 1 saturated heterocycles. The fraction of sp³-hybridized carbons (Fsp3) is 0.294. The maximum atomic E-state index is 13.9. The SMILES string of the molecule is O=C1N[C@H](c2cc([N+](=O)[O-])ccc2OC(F)F)[C@@H](C(=O)c2cccs2)[C@](O)(C(F)(F)F)N1. The van der Waals surface area contributed by atoms with E-state index < -0.39 is 64.2 Å². The number of nitrogens with one attached hydrogen (secondary N) is 2. The molecule has 9 nitrogen and oxygen atoms in total. The fourth-order valence-corrected chi connectivity index (χ4v) is 3.97. The van der Waals surface area contributed by atoms with Gasteiger partial charge in [-0.15, -0.1) is 11.3 Å². The highest BCUT2D eigenvalue weighted by Crippen LogP contribution is 2.46. The monoisotopic (exact) mass is 481 g/mol. The van der Waals surface area contributed by atoms with Crippen molar-refractivity contribution < 1.29 is 46.3 Å². The Kier molecular flexibility index (Phi) is 6.06. The van der Waals surface area contributed by atoms with Gasteiger partial charge in [0, 0.05) is 17.7 Å². The van der Waals surface area contributed by atoms with Crippen LogP contribution >= 0.6 is 11.3 Å². The third-order valence-electron chi connectivity index (χ3n) is 4.61. The molecule has 1 aliphatic heterocycles. The zero-order valence-corrected chi connectivity index (χ0v) is 16.2. The van der Waals surface area contributed by atoms with Crippen LogP contribution in [-0.4, -0.2) is 40.4 Å². The second kappa shape index (κ2) is 8.31. The summed E-state index contributed by atoms with van der Waals surface area (Å²) in [5.74, 6) is -4.68.